The van der Waals surface area contributed by atoms with Crippen LogP contribution in [0.25, 0.3) is 0 Å². The molecule has 0 aromatic heterocycles. The van der Waals surface area contributed by atoms with E-state index in [2.05, 4.69) is 6.92 Å². The van der Waals surface area contributed by atoms with Crippen LogP contribution in [0.1, 0.15) is 66.2 Å². The summed E-state index contributed by atoms with van der Waals surface area (Å²) in [6, 6.07) is 6.84. The monoisotopic (exact) mass is 270 g/mol. The van der Waals surface area contributed by atoms with Gasteiger partial charge in [-0.05, 0) is 18.1 Å². The zero-order chi connectivity index (χ0) is 14.4. The molecule has 1 fully saturated rings. The molecule has 106 valence electrons. The van der Waals surface area contributed by atoms with Gasteiger partial charge in [0, 0.05) is 11.1 Å². The summed E-state index contributed by atoms with van der Waals surface area (Å²) in [5.74, 6) is 0.902. The first-order valence-electron chi connectivity index (χ1n) is 7.58. The van der Waals surface area contributed by atoms with Crippen LogP contribution in [0, 0.1) is 5.92 Å². The third kappa shape index (κ3) is 3.66. The normalized spacial score (nSPS) is 18.2. The summed E-state index contributed by atoms with van der Waals surface area (Å²) in [6.45, 7) is 2.32. The molecule has 20 heavy (non-hydrogen) atoms. The molecule has 2 nitrogen and oxygen atoms in total. The average molecular weight is 270 g/mol. The topological polar surface area (TPSA) is 34.1 Å². The zero-order valence-corrected chi connectivity index (χ0v) is 12.1. The molecule has 0 amide bonds. The molecule has 2 aliphatic rings. The Kier molecular flexibility index (Phi) is 5.28. The van der Waals surface area contributed by atoms with Gasteiger partial charge in [0.15, 0.2) is 11.6 Å². The van der Waals surface area contributed by atoms with E-state index in [0.29, 0.717) is 11.1 Å². The van der Waals surface area contributed by atoms with E-state index in [9.17, 15) is 9.59 Å². The summed E-state index contributed by atoms with van der Waals surface area (Å²) in [4.78, 5) is 22.4. The molecule has 1 saturated carbocycles. The van der Waals surface area contributed by atoms with Crippen molar-refractivity contribution < 1.29 is 9.59 Å². The first-order valence-corrected chi connectivity index (χ1v) is 7.58. The van der Waals surface area contributed by atoms with E-state index < -0.39 is 0 Å². The van der Waals surface area contributed by atoms with E-state index in [4.69, 9.17) is 0 Å². The third-order valence-electron chi connectivity index (χ3n) is 4.15. The fraction of sp³-hybridized carbons (Fsp3) is 0.444. The largest absolute Gasteiger partial charge is 0.289 e. The second kappa shape index (κ2) is 7.18. The van der Waals surface area contributed by atoms with E-state index >= 15 is 0 Å². The maximum absolute atomic E-state index is 11.2. The maximum Gasteiger partial charge on any atom is 0.186 e. The maximum atomic E-state index is 11.2. The minimum absolute atomic E-state index is 0.0924. The molecule has 0 aliphatic heterocycles. The molecule has 0 saturated heterocycles. The minimum Gasteiger partial charge on any atom is -0.289 e. The van der Waals surface area contributed by atoms with E-state index in [0.717, 1.165) is 5.92 Å². The van der Waals surface area contributed by atoms with Gasteiger partial charge < -0.3 is 0 Å². The number of hydrogen-bond donors (Lipinski definition) is 0. The number of rotatable bonds is 1. The van der Waals surface area contributed by atoms with Gasteiger partial charge in [0.1, 0.15) is 0 Å². The highest BCUT2D eigenvalue weighted by molar-refractivity contribution is 6.21. The third-order valence-corrected chi connectivity index (χ3v) is 4.15. The second-order valence-electron chi connectivity index (χ2n) is 5.52. The number of hydrogen-bond acceptors (Lipinski definition) is 2. The molecule has 0 radical (unpaired) electrons. The molecule has 0 bridgehead atoms. The predicted octanol–water partition coefficient (Wildman–Crippen LogP) is 4.60. The standard InChI is InChI=1S/C10H6O2.C8H16/c11-9-5-6-10(12)8-4-2-1-3-7(8)9;1-2-8-6-4-3-5-7-8/h1-6H;8H,2-7H2,1H3. The smallest absolute Gasteiger partial charge is 0.186 e. The number of fused-ring (bicyclic) bond motifs is 1. The molecular weight excluding hydrogens is 248 g/mol. The van der Waals surface area contributed by atoms with Crippen LogP contribution in [0.5, 0.6) is 0 Å². The zero-order valence-electron chi connectivity index (χ0n) is 12.1. The lowest BCUT2D eigenvalue weighted by Gasteiger charge is -2.18. The van der Waals surface area contributed by atoms with Gasteiger partial charge in [0.05, 0.1) is 0 Å². The SMILES string of the molecule is CCC1CCCCC1.O=C1C=CC(=O)c2ccccc21. The second-order valence-corrected chi connectivity index (χ2v) is 5.52. The van der Waals surface area contributed by atoms with Crippen molar-refractivity contribution in [2.45, 2.75) is 45.4 Å². The van der Waals surface area contributed by atoms with Gasteiger partial charge >= 0.3 is 0 Å². The van der Waals surface area contributed by atoms with E-state index in [1.807, 2.05) is 0 Å². The van der Waals surface area contributed by atoms with Crippen LogP contribution in [-0.2, 0) is 0 Å². The van der Waals surface area contributed by atoms with Gasteiger partial charge in [-0.25, -0.2) is 0 Å². The van der Waals surface area contributed by atoms with E-state index in [1.54, 1.807) is 24.3 Å². The van der Waals surface area contributed by atoms with Gasteiger partial charge in [0.25, 0.3) is 0 Å². The van der Waals surface area contributed by atoms with Crippen molar-refractivity contribution in [3.63, 3.8) is 0 Å². The molecule has 0 spiro atoms. The van der Waals surface area contributed by atoms with Gasteiger partial charge in [-0.3, -0.25) is 9.59 Å². The highest BCUT2D eigenvalue weighted by Crippen LogP contribution is 2.25. The summed E-state index contributed by atoms with van der Waals surface area (Å²) in [7, 11) is 0. The van der Waals surface area contributed by atoms with Crippen LogP contribution in [0.2, 0.25) is 0 Å². The Morgan fingerprint density at radius 2 is 1.40 bits per heavy atom. The molecule has 0 unspecified atom stereocenters. The molecule has 2 aliphatic carbocycles. The van der Waals surface area contributed by atoms with Gasteiger partial charge in [-0.2, -0.15) is 0 Å². The van der Waals surface area contributed by atoms with Crippen LogP contribution >= 0.6 is 0 Å². The quantitative estimate of drug-likeness (QED) is 0.747. The Morgan fingerprint density at radius 3 is 1.80 bits per heavy atom. The highest BCUT2D eigenvalue weighted by atomic mass is 16.1. The van der Waals surface area contributed by atoms with Crippen LogP contribution < -0.4 is 0 Å². The van der Waals surface area contributed by atoms with Gasteiger partial charge in [-0.1, -0.05) is 69.7 Å². The average Bonchev–Trinajstić information content (AvgIpc) is 2.53. The molecule has 1 aromatic rings. The van der Waals surface area contributed by atoms with Crippen LogP contribution in [-0.4, -0.2) is 11.6 Å². The molecule has 2 heteroatoms. The Morgan fingerprint density at radius 1 is 0.900 bits per heavy atom. The number of carbonyl (C=O) groups excluding carboxylic acids is 2. The van der Waals surface area contributed by atoms with Crippen molar-refractivity contribution in [1.29, 1.82) is 0 Å². The van der Waals surface area contributed by atoms with E-state index in [-0.39, 0.29) is 11.6 Å². The Hall–Kier alpha value is -1.70. The van der Waals surface area contributed by atoms with Crippen molar-refractivity contribution in [1.82, 2.24) is 0 Å². The van der Waals surface area contributed by atoms with Crippen molar-refractivity contribution in [2.24, 2.45) is 5.92 Å². The molecule has 1 aromatic carbocycles. The predicted molar refractivity (Wildman–Crippen MR) is 81.1 cm³/mol. The van der Waals surface area contributed by atoms with Crippen LogP contribution in [0.4, 0.5) is 0 Å². The molecule has 0 heterocycles. The molecule has 0 atom stereocenters. The Balaban J connectivity index is 0.000000160. The van der Waals surface area contributed by atoms with Crippen molar-refractivity contribution in [2.75, 3.05) is 0 Å². The lowest BCUT2D eigenvalue weighted by molar-refractivity contribution is 0.0994. The van der Waals surface area contributed by atoms with Crippen LogP contribution in [0.15, 0.2) is 36.4 Å². The summed E-state index contributed by atoms with van der Waals surface area (Å²) in [5, 5.41) is 0. The molecule has 3 rings (SSSR count). The number of benzene rings is 1. The summed E-state index contributed by atoms with van der Waals surface area (Å²) in [5.41, 5.74) is 1.01. The minimum atomic E-state index is -0.0924. The number of carbonyl (C=O) groups is 2. The summed E-state index contributed by atoms with van der Waals surface area (Å²) in [6.07, 6.45) is 11.6. The van der Waals surface area contributed by atoms with E-state index in [1.165, 1.54) is 50.7 Å². The summed E-state index contributed by atoms with van der Waals surface area (Å²) < 4.78 is 0. The van der Waals surface area contributed by atoms with Gasteiger partial charge in [0.2, 0.25) is 0 Å². The van der Waals surface area contributed by atoms with Crippen LogP contribution in [0.3, 0.4) is 0 Å². The lowest BCUT2D eigenvalue weighted by Crippen LogP contribution is -2.10. The molecular formula is C18H22O2. The van der Waals surface area contributed by atoms with Gasteiger partial charge in [-0.15, -0.1) is 0 Å². The van der Waals surface area contributed by atoms with Crippen molar-refractivity contribution in [3.05, 3.63) is 47.5 Å². The first-order chi connectivity index (χ1) is 9.72. The lowest BCUT2D eigenvalue weighted by atomic mass is 9.88. The van der Waals surface area contributed by atoms with Crippen molar-refractivity contribution in [3.8, 4) is 0 Å². The van der Waals surface area contributed by atoms with Crippen molar-refractivity contribution >= 4 is 11.6 Å². The highest BCUT2D eigenvalue weighted by Gasteiger charge is 2.17. The fourth-order valence-electron chi connectivity index (χ4n) is 2.84. The number of ketones is 2. The Labute approximate surface area is 120 Å². The Bertz CT molecular complexity index is 471. The number of allylic oxidation sites excluding steroid dienone is 2. The first kappa shape index (κ1) is 14.7. The summed E-state index contributed by atoms with van der Waals surface area (Å²) >= 11 is 0. The molecule has 0 N–H and O–H groups in total. The fourth-order valence-corrected chi connectivity index (χ4v) is 2.84.